The second-order valence-electron chi connectivity index (χ2n) is 10.1. The Morgan fingerprint density at radius 2 is 1.37 bits per heavy atom. The fourth-order valence-corrected chi connectivity index (χ4v) is 5.84. The lowest BCUT2D eigenvalue weighted by molar-refractivity contribution is -0.192. The molecule has 1 aliphatic carbocycles. The van der Waals surface area contributed by atoms with Gasteiger partial charge in [0.25, 0.3) is 15.9 Å². The molecule has 2 fully saturated rings. The number of rotatable bonds is 6. The number of hydrogen-bond acceptors (Lipinski definition) is 5. The normalized spacial score (nSPS) is 17.0. The van der Waals surface area contributed by atoms with Crippen LogP contribution in [0, 0.1) is 5.92 Å². The molecule has 13 heteroatoms. The maximum Gasteiger partial charge on any atom is 0.490 e. The molecule has 2 aromatic carbocycles. The zero-order valence-electron chi connectivity index (χ0n) is 22.4. The van der Waals surface area contributed by atoms with E-state index in [0.29, 0.717) is 43.2 Å². The third-order valence-electron chi connectivity index (χ3n) is 7.03. The first-order chi connectivity index (χ1) is 19.4. The number of amides is 2. The molecule has 4 rings (SSSR count). The maximum absolute atomic E-state index is 12.9. The predicted octanol–water partition coefficient (Wildman–Crippen LogP) is 4.81. The van der Waals surface area contributed by atoms with Gasteiger partial charge in [-0.05, 0) is 62.1 Å². The molecule has 41 heavy (non-hydrogen) atoms. The van der Waals surface area contributed by atoms with Crippen LogP contribution in [0.2, 0.25) is 0 Å². The van der Waals surface area contributed by atoms with Gasteiger partial charge in [-0.3, -0.25) is 14.3 Å². The van der Waals surface area contributed by atoms with Crippen LogP contribution in [-0.2, 0) is 19.6 Å². The number of carbonyl (C=O) groups excluding carboxylic acids is 2. The number of carboxylic acids is 1. The molecule has 1 aliphatic heterocycles. The van der Waals surface area contributed by atoms with E-state index in [1.807, 2.05) is 0 Å². The minimum atomic E-state index is -5.08. The summed E-state index contributed by atoms with van der Waals surface area (Å²) in [5, 5.41) is 10.4. The standard InChI is InChI=1S/C26H33N3O4S.C2HF3O2/c30-25(27-22-8-4-1-2-5-9-22)20-16-18-29(19-17-20)26(31)21-12-14-23(15-13-21)28-34(32,33)24-10-6-3-7-11-24;3-2(4,5)1(6)7/h3,6-7,10-15,20,22,28H,1-2,4-5,8-9,16-19H2,(H,27,30);(H,6,7). The number of likely N-dealkylation sites (tertiary alicyclic amines) is 1. The lowest BCUT2D eigenvalue weighted by Gasteiger charge is -2.32. The first-order valence-electron chi connectivity index (χ1n) is 13.4. The number of nitrogens with zero attached hydrogens (tertiary/aromatic N) is 1. The van der Waals surface area contributed by atoms with Crippen LogP contribution in [0.3, 0.4) is 0 Å². The number of piperidine rings is 1. The molecule has 1 saturated heterocycles. The van der Waals surface area contributed by atoms with E-state index >= 15 is 0 Å². The van der Waals surface area contributed by atoms with Gasteiger partial charge >= 0.3 is 12.1 Å². The van der Waals surface area contributed by atoms with Gasteiger partial charge in [0, 0.05) is 36.3 Å². The van der Waals surface area contributed by atoms with E-state index in [2.05, 4.69) is 10.0 Å². The minimum absolute atomic E-state index is 0.0397. The third kappa shape index (κ3) is 9.76. The zero-order valence-corrected chi connectivity index (χ0v) is 23.2. The number of nitrogens with one attached hydrogen (secondary N) is 2. The van der Waals surface area contributed by atoms with Gasteiger partial charge in [0.2, 0.25) is 5.91 Å². The number of sulfonamides is 1. The second-order valence-corrected chi connectivity index (χ2v) is 11.7. The van der Waals surface area contributed by atoms with Crippen LogP contribution in [-0.4, -0.2) is 61.5 Å². The molecule has 1 saturated carbocycles. The van der Waals surface area contributed by atoms with Crippen LogP contribution in [0.25, 0.3) is 0 Å². The zero-order chi connectivity index (χ0) is 30.0. The van der Waals surface area contributed by atoms with Crippen molar-refractivity contribution >= 4 is 33.5 Å². The van der Waals surface area contributed by atoms with Gasteiger partial charge in [0.1, 0.15) is 0 Å². The van der Waals surface area contributed by atoms with Gasteiger partial charge in [-0.15, -0.1) is 0 Å². The van der Waals surface area contributed by atoms with Gasteiger partial charge in [-0.1, -0.05) is 43.9 Å². The van der Waals surface area contributed by atoms with Crippen molar-refractivity contribution in [2.24, 2.45) is 5.92 Å². The van der Waals surface area contributed by atoms with E-state index in [1.54, 1.807) is 47.4 Å². The minimum Gasteiger partial charge on any atom is -0.475 e. The lowest BCUT2D eigenvalue weighted by Crippen LogP contribution is -2.45. The smallest absolute Gasteiger partial charge is 0.475 e. The summed E-state index contributed by atoms with van der Waals surface area (Å²) < 4.78 is 59.2. The fraction of sp³-hybridized carbons (Fsp3) is 0.464. The summed E-state index contributed by atoms with van der Waals surface area (Å²) in [4.78, 5) is 36.5. The molecule has 0 bridgehead atoms. The molecular weight excluding hydrogens is 563 g/mol. The largest absolute Gasteiger partial charge is 0.490 e. The number of benzene rings is 2. The summed E-state index contributed by atoms with van der Waals surface area (Å²) >= 11 is 0. The first-order valence-corrected chi connectivity index (χ1v) is 14.9. The van der Waals surface area contributed by atoms with E-state index in [-0.39, 0.29) is 22.6 Å². The lowest BCUT2D eigenvalue weighted by atomic mass is 9.94. The molecule has 1 heterocycles. The van der Waals surface area contributed by atoms with Crippen molar-refractivity contribution in [3.05, 3.63) is 60.2 Å². The average Bonchev–Trinajstić information content (AvgIpc) is 3.22. The molecule has 0 unspecified atom stereocenters. The third-order valence-corrected chi connectivity index (χ3v) is 8.43. The number of aliphatic carboxylic acids is 1. The van der Waals surface area contributed by atoms with Crippen LogP contribution in [0.5, 0.6) is 0 Å². The van der Waals surface area contributed by atoms with Gasteiger partial charge in [-0.25, -0.2) is 13.2 Å². The summed E-state index contributed by atoms with van der Waals surface area (Å²) in [5.74, 6) is -2.76. The second kappa shape index (κ2) is 14.3. The molecule has 2 aromatic rings. The van der Waals surface area contributed by atoms with E-state index < -0.39 is 22.2 Å². The van der Waals surface area contributed by atoms with Crippen molar-refractivity contribution in [3.63, 3.8) is 0 Å². The molecule has 3 N–H and O–H groups in total. The molecule has 0 aromatic heterocycles. The number of halogens is 3. The first kappa shape index (κ1) is 31.9. The molecular formula is C28H34F3N3O6S. The van der Waals surface area contributed by atoms with E-state index in [4.69, 9.17) is 9.90 Å². The molecule has 0 spiro atoms. The maximum atomic E-state index is 12.9. The van der Waals surface area contributed by atoms with Crippen LogP contribution >= 0.6 is 0 Å². The molecule has 9 nitrogen and oxygen atoms in total. The predicted molar refractivity (Wildman–Crippen MR) is 146 cm³/mol. The highest BCUT2D eigenvalue weighted by atomic mass is 32.2. The van der Waals surface area contributed by atoms with E-state index in [1.165, 1.54) is 37.8 Å². The van der Waals surface area contributed by atoms with Crippen molar-refractivity contribution in [2.45, 2.75) is 68.5 Å². The summed E-state index contributed by atoms with van der Waals surface area (Å²) in [6.45, 7) is 1.09. The topological polar surface area (TPSA) is 133 Å². The summed E-state index contributed by atoms with van der Waals surface area (Å²) in [5.41, 5.74) is 0.901. The Morgan fingerprint density at radius 3 is 1.88 bits per heavy atom. The molecule has 2 amide bonds. The summed E-state index contributed by atoms with van der Waals surface area (Å²) in [6.07, 6.45) is 3.27. The van der Waals surface area contributed by atoms with Crippen molar-refractivity contribution in [1.82, 2.24) is 10.2 Å². The highest BCUT2D eigenvalue weighted by Gasteiger charge is 2.38. The number of carbonyl (C=O) groups is 3. The monoisotopic (exact) mass is 597 g/mol. The Kier molecular flexibility index (Phi) is 11.2. The van der Waals surface area contributed by atoms with Gasteiger partial charge in [0.15, 0.2) is 0 Å². The quantitative estimate of drug-likeness (QED) is 0.410. The number of anilines is 1. The number of alkyl halides is 3. The fourth-order valence-electron chi connectivity index (χ4n) is 4.76. The Morgan fingerprint density at radius 1 is 0.829 bits per heavy atom. The van der Waals surface area contributed by atoms with Gasteiger partial charge < -0.3 is 15.3 Å². The summed E-state index contributed by atoms with van der Waals surface area (Å²) in [6, 6.07) is 14.9. The van der Waals surface area contributed by atoms with Crippen molar-refractivity contribution in [1.29, 1.82) is 0 Å². The van der Waals surface area contributed by atoms with Crippen LogP contribution in [0.15, 0.2) is 59.5 Å². The average molecular weight is 598 g/mol. The highest BCUT2D eigenvalue weighted by molar-refractivity contribution is 7.92. The van der Waals surface area contributed by atoms with Crippen LogP contribution in [0.4, 0.5) is 18.9 Å². The van der Waals surface area contributed by atoms with Crippen molar-refractivity contribution < 1.29 is 41.1 Å². The number of hydrogen-bond donors (Lipinski definition) is 3. The van der Waals surface area contributed by atoms with Crippen molar-refractivity contribution in [2.75, 3.05) is 17.8 Å². The molecule has 0 radical (unpaired) electrons. The van der Waals surface area contributed by atoms with Gasteiger partial charge in [0.05, 0.1) is 4.90 Å². The SMILES string of the molecule is O=C(NC1CCCCCC1)C1CCN(C(=O)c2ccc(NS(=O)(=O)c3ccccc3)cc2)CC1.O=C(O)C(F)(F)F. The van der Waals surface area contributed by atoms with Crippen molar-refractivity contribution in [3.8, 4) is 0 Å². The van der Waals surface area contributed by atoms with E-state index in [9.17, 15) is 31.2 Å². The highest BCUT2D eigenvalue weighted by Crippen LogP contribution is 2.23. The number of carboxylic acid groups (broad SMARTS) is 1. The summed E-state index contributed by atoms with van der Waals surface area (Å²) in [7, 11) is -3.68. The molecule has 2 aliphatic rings. The molecule has 224 valence electrons. The molecule has 0 atom stereocenters. The van der Waals surface area contributed by atoms with Crippen LogP contribution in [0.1, 0.15) is 61.7 Å². The Labute approximate surface area is 237 Å². The van der Waals surface area contributed by atoms with Crippen LogP contribution < -0.4 is 10.0 Å². The van der Waals surface area contributed by atoms with E-state index in [0.717, 1.165) is 12.8 Å². The Hall–Kier alpha value is -3.61. The van der Waals surface area contributed by atoms with Gasteiger partial charge in [-0.2, -0.15) is 13.2 Å². The Balaban J connectivity index is 0.000000587. The Bertz CT molecular complexity index is 1270.